The van der Waals surface area contributed by atoms with Gasteiger partial charge in [-0.25, -0.2) is 4.39 Å². The van der Waals surface area contributed by atoms with E-state index < -0.39 is 17.3 Å². The number of halogens is 1. The highest BCUT2D eigenvalue weighted by atomic mass is 19.1. The van der Waals surface area contributed by atoms with Crippen molar-refractivity contribution in [3.05, 3.63) is 47.8 Å². The van der Waals surface area contributed by atoms with Crippen LogP contribution in [0.3, 0.4) is 0 Å². The molecule has 0 aliphatic carbocycles. The summed E-state index contributed by atoms with van der Waals surface area (Å²) in [5, 5.41) is 9.88. The second-order valence-corrected chi connectivity index (χ2v) is 6.58. The van der Waals surface area contributed by atoms with Crippen LogP contribution in [0.15, 0.2) is 42.2 Å². The zero-order valence-corrected chi connectivity index (χ0v) is 13.7. The number of aliphatic hydroxyl groups excluding tert-OH is 1. The predicted octanol–water partition coefficient (Wildman–Crippen LogP) is 3.67. The van der Waals surface area contributed by atoms with E-state index in [1.165, 1.54) is 6.08 Å². The minimum absolute atomic E-state index is 0.0988. The van der Waals surface area contributed by atoms with Crippen LogP contribution in [0.1, 0.15) is 33.3 Å². The van der Waals surface area contributed by atoms with Crippen LogP contribution >= 0.6 is 0 Å². The molecule has 1 rings (SSSR count). The van der Waals surface area contributed by atoms with E-state index in [4.69, 9.17) is 4.74 Å². The van der Waals surface area contributed by atoms with Crippen LogP contribution in [-0.2, 0) is 16.0 Å². The Bertz CT molecular complexity index is 503. The van der Waals surface area contributed by atoms with E-state index >= 15 is 0 Å². The summed E-state index contributed by atoms with van der Waals surface area (Å²) in [6.07, 6.45) is 0.351. The number of carbonyl (C=O) groups excluding carboxylic acids is 1. The lowest BCUT2D eigenvalue weighted by Crippen LogP contribution is -2.24. The molecule has 0 aromatic heterocycles. The third-order valence-electron chi connectivity index (χ3n) is 3.12. The zero-order chi connectivity index (χ0) is 16.8. The number of aliphatic hydroxyl groups is 1. The summed E-state index contributed by atoms with van der Waals surface area (Å²) < 4.78 is 19.1. The molecule has 0 saturated heterocycles. The Balaban J connectivity index is 2.51. The van der Waals surface area contributed by atoms with E-state index in [1.54, 1.807) is 27.7 Å². The topological polar surface area (TPSA) is 46.5 Å². The molecule has 22 heavy (non-hydrogen) atoms. The summed E-state index contributed by atoms with van der Waals surface area (Å²) >= 11 is 0. The summed E-state index contributed by atoms with van der Waals surface area (Å²) in [6.45, 7) is 7.13. The fourth-order valence-electron chi connectivity index (χ4n) is 1.79. The van der Waals surface area contributed by atoms with Crippen LogP contribution < -0.4 is 0 Å². The van der Waals surface area contributed by atoms with Gasteiger partial charge in [0.15, 0.2) is 0 Å². The molecule has 0 heterocycles. The van der Waals surface area contributed by atoms with Gasteiger partial charge < -0.3 is 9.84 Å². The SMILES string of the molecule is C[C@@H](/C=C(\F)[C@H](O)Cc1ccccc1)COC(=O)C(C)(C)C. The van der Waals surface area contributed by atoms with Crippen LogP contribution in [0, 0.1) is 11.3 Å². The molecular weight excluding hydrogens is 283 g/mol. The second kappa shape index (κ2) is 8.08. The average Bonchev–Trinajstić information content (AvgIpc) is 2.44. The lowest BCUT2D eigenvalue weighted by molar-refractivity contribution is -0.153. The van der Waals surface area contributed by atoms with Gasteiger partial charge in [-0.1, -0.05) is 37.3 Å². The van der Waals surface area contributed by atoms with E-state index in [0.717, 1.165) is 5.56 Å². The summed E-state index contributed by atoms with van der Waals surface area (Å²) in [5.41, 5.74) is 0.291. The first-order valence-corrected chi connectivity index (χ1v) is 7.46. The first kappa shape index (κ1) is 18.4. The van der Waals surface area contributed by atoms with Crippen molar-refractivity contribution in [3.63, 3.8) is 0 Å². The molecule has 0 saturated carbocycles. The van der Waals surface area contributed by atoms with Crippen LogP contribution in [0.5, 0.6) is 0 Å². The normalized spacial score (nSPS) is 15.3. The molecule has 3 nitrogen and oxygen atoms in total. The monoisotopic (exact) mass is 308 g/mol. The molecule has 122 valence electrons. The Hall–Kier alpha value is -1.68. The van der Waals surface area contributed by atoms with Gasteiger partial charge in [-0.15, -0.1) is 0 Å². The Morgan fingerprint density at radius 2 is 1.91 bits per heavy atom. The van der Waals surface area contributed by atoms with E-state index in [2.05, 4.69) is 0 Å². The van der Waals surface area contributed by atoms with Gasteiger partial charge in [0.25, 0.3) is 0 Å². The van der Waals surface area contributed by atoms with Gasteiger partial charge in [0, 0.05) is 12.3 Å². The first-order chi connectivity index (χ1) is 10.2. The molecule has 0 bridgehead atoms. The van der Waals surface area contributed by atoms with Crippen molar-refractivity contribution in [2.75, 3.05) is 6.61 Å². The van der Waals surface area contributed by atoms with E-state index in [9.17, 15) is 14.3 Å². The average molecular weight is 308 g/mol. The highest BCUT2D eigenvalue weighted by molar-refractivity contribution is 5.75. The predicted molar refractivity (Wildman–Crippen MR) is 84.9 cm³/mol. The third-order valence-corrected chi connectivity index (χ3v) is 3.12. The lowest BCUT2D eigenvalue weighted by atomic mass is 9.97. The maximum absolute atomic E-state index is 14.0. The van der Waals surface area contributed by atoms with Gasteiger partial charge in [-0.2, -0.15) is 0 Å². The summed E-state index contributed by atoms with van der Waals surface area (Å²) in [6, 6.07) is 9.24. The number of benzene rings is 1. The number of hydrogen-bond acceptors (Lipinski definition) is 3. The largest absolute Gasteiger partial charge is 0.465 e. The van der Waals surface area contributed by atoms with Gasteiger partial charge in [-0.3, -0.25) is 4.79 Å². The Morgan fingerprint density at radius 3 is 2.45 bits per heavy atom. The molecule has 4 heteroatoms. The van der Waals surface area contributed by atoms with Crippen LogP contribution in [0.2, 0.25) is 0 Å². The fourth-order valence-corrected chi connectivity index (χ4v) is 1.79. The second-order valence-electron chi connectivity index (χ2n) is 6.58. The van der Waals surface area contributed by atoms with Crippen molar-refractivity contribution in [1.82, 2.24) is 0 Å². The van der Waals surface area contributed by atoms with Gasteiger partial charge >= 0.3 is 5.97 Å². The Labute approximate surface area is 131 Å². The summed E-state index contributed by atoms with van der Waals surface area (Å²) in [7, 11) is 0. The number of esters is 1. The Kier molecular flexibility index (Phi) is 6.75. The number of rotatable bonds is 6. The molecule has 1 aromatic rings. The molecule has 0 unspecified atom stereocenters. The smallest absolute Gasteiger partial charge is 0.311 e. The highest BCUT2D eigenvalue weighted by Gasteiger charge is 2.23. The van der Waals surface area contributed by atoms with Gasteiger partial charge in [0.05, 0.1) is 12.0 Å². The molecule has 2 atom stereocenters. The van der Waals surface area contributed by atoms with Gasteiger partial charge in [0.2, 0.25) is 0 Å². The molecule has 0 aliphatic rings. The number of carbonyl (C=O) groups is 1. The van der Waals surface area contributed by atoms with Crippen molar-refractivity contribution in [1.29, 1.82) is 0 Å². The van der Waals surface area contributed by atoms with Crippen molar-refractivity contribution in [3.8, 4) is 0 Å². The minimum atomic E-state index is -1.18. The van der Waals surface area contributed by atoms with Crippen LogP contribution in [0.4, 0.5) is 4.39 Å². The lowest BCUT2D eigenvalue weighted by Gasteiger charge is -2.18. The highest BCUT2D eigenvalue weighted by Crippen LogP contribution is 2.17. The molecule has 0 spiro atoms. The van der Waals surface area contributed by atoms with Crippen molar-refractivity contribution < 1.29 is 19.0 Å². The van der Waals surface area contributed by atoms with Crippen molar-refractivity contribution in [2.45, 2.75) is 40.2 Å². The zero-order valence-electron chi connectivity index (χ0n) is 13.7. The maximum atomic E-state index is 14.0. The molecular formula is C18H25FO3. The quantitative estimate of drug-likeness (QED) is 0.816. The van der Waals surface area contributed by atoms with Gasteiger partial charge in [0.1, 0.15) is 11.9 Å². The minimum Gasteiger partial charge on any atom is -0.465 e. The fraction of sp³-hybridized carbons (Fsp3) is 0.500. The van der Waals surface area contributed by atoms with E-state index in [1.807, 2.05) is 30.3 Å². The van der Waals surface area contributed by atoms with E-state index in [0.29, 0.717) is 0 Å². The van der Waals surface area contributed by atoms with Gasteiger partial charge in [-0.05, 0) is 32.4 Å². The number of hydrogen-bond donors (Lipinski definition) is 1. The Morgan fingerprint density at radius 1 is 1.32 bits per heavy atom. The van der Waals surface area contributed by atoms with Crippen LogP contribution in [0.25, 0.3) is 0 Å². The molecule has 1 N–H and O–H groups in total. The van der Waals surface area contributed by atoms with E-state index in [-0.39, 0.29) is 24.9 Å². The third kappa shape index (κ3) is 6.39. The first-order valence-electron chi connectivity index (χ1n) is 7.46. The van der Waals surface area contributed by atoms with Crippen molar-refractivity contribution >= 4 is 5.97 Å². The number of ether oxygens (including phenoxy) is 1. The standard InChI is InChI=1S/C18H25FO3/c1-13(12-22-17(21)18(2,3)4)10-15(19)16(20)11-14-8-6-5-7-9-14/h5-10,13,16,20H,11-12H2,1-4H3/b15-10-/t13-,16+/m0/s1. The molecule has 1 aromatic carbocycles. The summed E-state index contributed by atoms with van der Waals surface area (Å²) in [4.78, 5) is 11.6. The van der Waals surface area contributed by atoms with Crippen molar-refractivity contribution in [2.24, 2.45) is 11.3 Å². The molecule has 0 amide bonds. The molecule has 0 radical (unpaired) electrons. The molecule has 0 aliphatic heterocycles. The molecule has 0 fully saturated rings. The summed E-state index contributed by atoms with van der Waals surface area (Å²) in [5.74, 6) is -1.21. The van der Waals surface area contributed by atoms with Crippen LogP contribution in [-0.4, -0.2) is 23.8 Å². The maximum Gasteiger partial charge on any atom is 0.311 e.